The third kappa shape index (κ3) is 2.79. The molecule has 4 nitrogen and oxygen atoms in total. The average molecular weight is 396 g/mol. The minimum atomic E-state index is 0.408. The summed E-state index contributed by atoms with van der Waals surface area (Å²) in [6, 6.07) is 23.2. The van der Waals surface area contributed by atoms with Crippen LogP contribution in [0, 0.1) is 5.41 Å². The van der Waals surface area contributed by atoms with E-state index in [1.165, 1.54) is 21.9 Å². The second-order valence-electron chi connectivity index (χ2n) is 7.89. The molecule has 4 aromatic rings. The first-order chi connectivity index (χ1) is 14.6. The summed E-state index contributed by atoms with van der Waals surface area (Å²) in [7, 11) is 5.59. The number of hydrogen-bond donors (Lipinski definition) is 1. The van der Waals surface area contributed by atoms with Gasteiger partial charge in [-0.05, 0) is 46.9 Å². The number of fused-ring (bicyclic) bond motifs is 1. The lowest BCUT2D eigenvalue weighted by Gasteiger charge is -2.29. The number of nitrogens with one attached hydrogen (secondary N) is 1. The van der Waals surface area contributed by atoms with E-state index in [9.17, 15) is 0 Å². The topological polar surface area (TPSA) is 39.6 Å². The standard InChI is InChI=1S/C26H25N3O/c1-28(20-15-19-7-4-5-9-21(19)24(16-20)30-3)26(27)29(2)23-14-13-18-12-11-17-8-6-10-22(23)25(17)18/h4-10,13-16,27H,11-12H2,1-3H3. The zero-order valence-corrected chi connectivity index (χ0v) is 17.6. The van der Waals surface area contributed by atoms with Crippen LogP contribution in [0.5, 0.6) is 5.75 Å². The van der Waals surface area contributed by atoms with Crippen LogP contribution < -0.4 is 14.5 Å². The van der Waals surface area contributed by atoms with Gasteiger partial charge in [0.1, 0.15) is 5.75 Å². The molecule has 0 spiro atoms. The fraction of sp³-hybridized carbons (Fsp3) is 0.192. The van der Waals surface area contributed by atoms with E-state index in [1.54, 1.807) is 7.11 Å². The van der Waals surface area contributed by atoms with Crippen LogP contribution in [0.2, 0.25) is 0 Å². The molecule has 0 aromatic heterocycles. The van der Waals surface area contributed by atoms with Crippen molar-refractivity contribution < 1.29 is 4.74 Å². The number of guanidine groups is 1. The zero-order valence-electron chi connectivity index (χ0n) is 17.6. The van der Waals surface area contributed by atoms with E-state index < -0.39 is 0 Å². The van der Waals surface area contributed by atoms with Crippen LogP contribution in [0.25, 0.3) is 21.5 Å². The average Bonchev–Trinajstić information content (AvgIpc) is 3.22. The van der Waals surface area contributed by atoms with Gasteiger partial charge in [-0.15, -0.1) is 0 Å². The maximum atomic E-state index is 8.92. The summed E-state index contributed by atoms with van der Waals surface area (Å²) < 4.78 is 5.62. The Morgan fingerprint density at radius 3 is 2.37 bits per heavy atom. The van der Waals surface area contributed by atoms with Gasteiger partial charge < -0.3 is 14.5 Å². The molecular formula is C26H25N3O. The number of nitrogens with zero attached hydrogens (tertiary/aromatic N) is 2. The molecule has 1 aliphatic carbocycles. The van der Waals surface area contributed by atoms with Gasteiger partial charge in [-0.2, -0.15) is 0 Å². The molecule has 0 radical (unpaired) electrons. The maximum absolute atomic E-state index is 8.92. The van der Waals surface area contributed by atoms with Crippen LogP contribution in [0.15, 0.2) is 66.7 Å². The Bertz CT molecular complexity index is 1280. The first-order valence-corrected chi connectivity index (χ1v) is 10.2. The first-order valence-electron chi connectivity index (χ1n) is 10.2. The monoisotopic (exact) mass is 395 g/mol. The summed E-state index contributed by atoms with van der Waals surface area (Å²) >= 11 is 0. The summed E-state index contributed by atoms with van der Waals surface area (Å²) in [5.41, 5.74) is 4.81. The molecule has 0 unspecified atom stereocenters. The molecule has 0 atom stereocenters. The molecule has 0 saturated carbocycles. The Labute approximate surface area is 176 Å². The molecule has 4 aromatic carbocycles. The summed E-state index contributed by atoms with van der Waals surface area (Å²) in [6.45, 7) is 0. The van der Waals surface area contributed by atoms with Crippen LogP contribution in [-0.4, -0.2) is 27.2 Å². The lowest BCUT2D eigenvalue weighted by molar-refractivity contribution is 0.420. The predicted molar refractivity (Wildman–Crippen MR) is 126 cm³/mol. The number of benzene rings is 4. The Balaban J connectivity index is 1.54. The highest BCUT2D eigenvalue weighted by Crippen LogP contribution is 2.37. The molecule has 0 amide bonds. The largest absolute Gasteiger partial charge is 0.496 e. The van der Waals surface area contributed by atoms with Gasteiger partial charge in [-0.25, -0.2) is 0 Å². The SMILES string of the molecule is COc1cc(N(C)C(=N)N(C)c2ccc3c4c(cccc24)CC3)cc2ccccc12. The summed E-state index contributed by atoms with van der Waals surface area (Å²) in [4.78, 5) is 3.86. The molecule has 1 aliphatic rings. The van der Waals surface area contributed by atoms with Crippen LogP contribution >= 0.6 is 0 Å². The fourth-order valence-electron chi connectivity index (χ4n) is 4.61. The Kier molecular flexibility index (Phi) is 4.35. The number of ether oxygens (including phenoxy) is 1. The molecule has 5 rings (SSSR count). The number of aryl methyl sites for hydroxylation is 2. The highest BCUT2D eigenvalue weighted by molar-refractivity contribution is 6.11. The Morgan fingerprint density at radius 2 is 1.57 bits per heavy atom. The molecule has 30 heavy (non-hydrogen) atoms. The van der Waals surface area contributed by atoms with Gasteiger partial charge in [0.2, 0.25) is 5.96 Å². The van der Waals surface area contributed by atoms with Gasteiger partial charge in [0.25, 0.3) is 0 Å². The van der Waals surface area contributed by atoms with Gasteiger partial charge >= 0.3 is 0 Å². The van der Waals surface area contributed by atoms with Crippen LogP contribution in [0.4, 0.5) is 11.4 Å². The van der Waals surface area contributed by atoms with E-state index >= 15 is 0 Å². The Morgan fingerprint density at radius 1 is 0.833 bits per heavy atom. The third-order valence-corrected chi connectivity index (χ3v) is 6.27. The number of anilines is 2. The summed E-state index contributed by atoms with van der Waals surface area (Å²) in [5, 5.41) is 13.7. The van der Waals surface area contributed by atoms with Gasteiger partial charge in [0, 0.05) is 36.6 Å². The number of rotatable bonds is 3. The molecule has 0 saturated heterocycles. The van der Waals surface area contributed by atoms with E-state index in [-0.39, 0.29) is 0 Å². The number of methoxy groups -OCH3 is 1. The minimum absolute atomic E-state index is 0.408. The van der Waals surface area contributed by atoms with Crippen LogP contribution in [0.1, 0.15) is 11.1 Å². The lowest BCUT2D eigenvalue weighted by Crippen LogP contribution is -2.39. The van der Waals surface area contributed by atoms with E-state index in [0.717, 1.165) is 40.7 Å². The normalized spacial score (nSPS) is 12.4. The van der Waals surface area contributed by atoms with Gasteiger partial charge in [-0.1, -0.05) is 48.5 Å². The fourth-order valence-corrected chi connectivity index (χ4v) is 4.61. The quantitative estimate of drug-likeness (QED) is 0.362. The summed E-state index contributed by atoms with van der Waals surface area (Å²) in [5.74, 6) is 1.22. The highest BCUT2D eigenvalue weighted by atomic mass is 16.5. The van der Waals surface area contributed by atoms with Crippen molar-refractivity contribution in [2.45, 2.75) is 12.8 Å². The molecular weight excluding hydrogens is 370 g/mol. The second kappa shape index (κ2) is 7.06. The lowest BCUT2D eigenvalue weighted by atomic mass is 10.0. The van der Waals surface area contributed by atoms with Crippen molar-refractivity contribution in [1.29, 1.82) is 5.41 Å². The predicted octanol–water partition coefficient (Wildman–Crippen LogP) is 5.61. The van der Waals surface area contributed by atoms with Crippen molar-refractivity contribution in [3.63, 3.8) is 0 Å². The highest BCUT2D eigenvalue weighted by Gasteiger charge is 2.21. The molecule has 1 N–H and O–H groups in total. The van der Waals surface area contributed by atoms with E-state index in [2.05, 4.69) is 48.5 Å². The van der Waals surface area contributed by atoms with Gasteiger partial charge in [-0.3, -0.25) is 5.41 Å². The van der Waals surface area contributed by atoms with Crippen LogP contribution in [0.3, 0.4) is 0 Å². The van der Waals surface area contributed by atoms with Crippen molar-refractivity contribution in [3.8, 4) is 5.75 Å². The molecule has 0 heterocycles. The third-order valence-electron chi connectivity index (χ3n) is 6.27. The van der Waals surface area contributed by atoms with Crippen molar-refractivity contribution in [2.75, 3.05) is 31.0 Å². The van der Waals surface area contributed by atoms with Gasteiger partial charge in [0.05, 0.1) is 12.8 Å². The van der Waals surface area contributed by atoms with E-state index in [0.29, 0.717) is 5.96 Å². The molecule has 0 bridgehead atoms. The van der Waals surface area contributed by atoms with Crippen molar-refractivity contribution in [2.24, 2.45) is 0 Å². The summed E-state index contributed by atoms with van der Waals surface area (Å²) in [6.07, 6.45) is 2.21. The minimum Gasteiger partial charge on any atom is -0.496 e. The first kappa shape index (κ1) is 18.5. The van der Waals surface area contributed by atoms with E-state index in [4.69, 9.17) is 10.1 Å². The smallest absolute Gasteiger partial charge is 0.202 e. The van der Waals surface area contributed by atoms with Crippen molar-refractivity contribution in [3.05, 3.63) is 77.9 Å². The van der Waals surface area contributed by atoms with Crippen molar-refractivity contribution in [1.82, 2.24) is 0 Å². The molecule has 0 fully saturated rings. The zero-order chi connectivity index (χ0) is 20.8. The van der Waals surface area contributed by atoms with Crippen LogP contribution in [-0.2, 0) is 12.8 Å². The van der Waals surface area contributed by atoms with Gasteiger partial charge in [0.15, 0.2) is 0 Å². The molecule has 0 aliphatic heterocycles. The maximum Gasteiger partial charge on any atom is 0.202 e. The Hall–Kier alpha value is -3.53. The van der Waals surface area contributed by atoms with E-state index in [1.807, 2.05) is 42.1 Å². The van der Waals surface area contributed by atoms with Crippen molar-refractivity contribution >= 4 is 38.9 Å². The number of hydrogen-bond acceptors (Lipinski definition) is 2. The second-order valence-corrected chi connectivity index (χ2v) is 7.89. The molecule has 4 heteroatoms. The molecule has 150 valence electrons.